The average molecular weight is 491 g/mol. The van der Waals surface area contributed by atoms with E-state index >= 15 is 0 Å². The number of aromatic nitrogens is 4. The van der Waals surface area contributed by atoms with Crippen molar-refractivity contribution in [3.8, 4) is 5.75 Å². The second-order valence-corrected chi connectivity index (χ2v) is 8.35. The van der Waals surface area contributed by atoms with Gasteiger partial charge in [-0.25, -0.2) is 0 Å². The molecule has 2 N–H and O–H groups in total. The minimum absolute atomic E-state index is 0.102. The van der Waals surface area contributed by atoms with E-state index in [0.717, 1.165) is 24.3 Å². The van der Waals surface area contributed by atoms with Crippen molar-refractivity contribution in [3.63, 3.8) is 0 Å². The summed E-state index contributed by atoms with van der Waals surface area (Å²) in [6.45, 7) is 6.49. The van der Waals surface area contributed by atoms with Crippen molar-refractivity contribution in [2.24, 2.45) is 7.05 Å². The van der Waals surface area contributed by atoms with Crippen molar-refractivity contribution in [3.05, 3.63) is 77.3 Å². The monoisotopic (exact) mass is 490 g/mol. The molecule has 1 aromatic carbocycles. The van der Waals surface area contributed by atoms with Gasteiger partial charge in [-0.15, -0.1) is 0 Å². The molecule has 10 nitrogen and oxygen atoms in total. The summed E-state index contributed by atoms with van der Waals surface area (Å²) in [4.78, 5) is 25.9. The lowest BCUT2D eigenvalue weighted by atomic mass is 10.1. The molecule has 0 saturated carbocycles. The lowest BCUT2D eigenvalue weighted by Crippen LogP contribution is -2.21. The molecule has 3 heterocycles. The summed E-state index contributed by atoms with van der Waals surface area (Å²) < 4.78 is 14.6. The smallest absolute Gasteiger partial charge is 0.291 e. The highest BCUT2D eigenvalue weighted by molar-refractivity contribution is 6.11. The fourth-order valence-electron chi connectivity index (χ4n) is 3.72. The van der Waals surface area contributed by atoms with Crippen molar-refractivity contribution in [2.45, 2.75) is 46.8 Å². The molecule has 3 aromatic heterocycles. The second-order valence-electron chi connectivity index (χ2n) is 8.35. The Morgan fingerprint density at radius 1 is 0.972 bits per heavy atom. The van der Waals surface area contributed by atoms with E-state index in [2.05, 4.69) is 27.8 Å². The van der Waals surface area contributed by atoms with E-state index < -0.39 is 11.8 Å². The Bertz CT molecular complexity index is 1350. The number of anilines is 2. The van der Waals surface area contributed by atoms with Crippen LogP contribution in [0.15, 0.2) is 53.2 Å². The van der Waals surface area contributed by atoms with E-state index in [4.69, 9.17) is 9.15 Å². The fourth-order valence-corrected chi connectivity index (χ4v) is 3.72. The molecule has 36 heavy (non-hydrogen) atoms. The maximum Gasteiger partial charge on any atom is 0.291 e. The molecule has 0 fully saturated rings. The van der Waals surface area contributed by atoms with Gasteiger partial charge in [0.05, 0.1) is 29.5 Å². The lowest BCUT2D eigenvalue weighted by Gasteiger charge is -2.09. The summed E-state index contributed by atoms with van der Waals surface area (Å²) in [7, 11) is 1.79. The molecule has 188 valence electrons. The molecule has 0 aliphatic heterocycles. The maximum atomic E-state index is 13.0. The van der Waals surface area contributed by atoms with Gasteiger partial charge in [0, 0.05) is 13.6 Å². The first-order chi connectivity index (χ1) is 17.4. The molecule has 2 amide bonds. The number of nitrogens with one attached hydrogen (secondary N) is 2. The predicted octanol–water partition coefficient (Wildman–Crippen LogP) is 4.57. The number of hydrogen-bond acceptors (Lipinski definition) is 6. The number of furan rings is 1. The number of nitrogens with zero attached hydrogens (tertiary/aromatic N) is 4. The largest absolute Gasteiger partial charge is 0.486 e. The van der Waals surface area contributed by atoms with Crippen LogP contribution >= 0.6 is 0 Å². The highest BCUT2D eigenvalue weighted by atomic mass is 16.5. The van der Waals surface area contributed by atoms with Crippen molar-refractivity contribution >= 4 is 23.2 Å². The normalized spacial score (nSPS) is 10.9. The molecule has 0 unspecified atom stereocenters. The summed E-state index contributed by atoms with van der Waals surface area (Å²) >= 11 is 0. The van der Waals surface area contributed by atoms with Gasteiger partial charge in [0.15, 0.2) is 5.76 Å². The number of carbonyl (C=O) groups is 2. The van der Waals surface area contributed by atoms with E-state index in [-0.39, 0.29) is 23.7 Å². The van der Waals surface area contributed by atoms with Crippen molar-refractivity contribution < 1.29 is 18.7 Å². The molecule has 0 saturated heterocycles. The highest BCUT2D eigenvalue weighted by Gasteiger charge is 2.22. The van der Waals surface area contributed by atoms with Crippen LogP contribution in [0.5, 0.6) is 5.75 Å². The Morgan fingerprint density at radius 3 is 2.36 bits per heavy atom. The molecule has 0 aliphatic rings. The number of amides is 2. The van der Waals surface area contributed by atoms with Gasteiger partial charge in [-0.05, 0) is 50.1 Å². The minimum atomic E-state index is -0.493. The zero-order chi connectivity index (χ0) is 25.7. The van der Waals surface area contributed by atoms with Gasteiger partial charge >= 0.3 is 0 Å². The van der Waals surface area contributed by atoms with E-state index in [1.807, 2.05) is 38.1 Å². The van der Waals surface area contributed by atoms with Crippen molar-refractivity contribution in [2.75, 3.05) is 10.6 Å². The molecule has 4 aromatic rings. The number of ether oxygens (including phenoxy) is 1. The first kappa shape index (κ1) is 24.8. The number of hydrogen-bond donors (Lipinski definition) is 2. The molecule has 0 bridgehead atoms. The van der Waals surface area contributed by atoms with Crippen LogP contribution in [0, 0.1) is 6.92 Å². The second kappa shape index (κ2) is 10.9. The lowest BCUT2D eigenvalue weighted by molar-refractivity contribution is 0.0992. The third kappa shape index (κ3) is 5.48. The Kier molecular flexibility index (Phi) is 7.53. The van der Waals surface area contributed by atoms with Crippen LogP contribution in [0.1, 0.15) is 58.3 Å². The van der Waals surface area contributed by atoms with Crippen molar-refractivity contribution in [1.29, 1.82) is 0 Å². The number of benzene rings is 1. The van der Waals surface area contributed by atoms with Gasteiger partial charge in [-0.3, -0.25) is 19.0 Å². The standard InChI is InChI=1S/C26H30N6O4/c1-5-7-18-8-10-19(11-9-18)35-16-20-12-13-23(36-20)25(33)30-22-15-28-32(6-2)24(22)26(34)29-21-14-27-31(4)17(21)3/h8-15H,5-7,16H2,1-4H3,(H,29,34)(H,30,33). The SMILES string of the molecule is CCCc1ccc(OCc2ccc(C(=O)Nc3cnn(CC)c3C(=O)Nc3cnn(C)c3C)o2)cc1. The Morgan fingerprint density at radius 2 is 1.69 bits per heavy atom. The third-order valence-electron chi connectivity index (χ3n) is 5.81. The van der Waals surface area contributed by atoms with Crippen molar-refractivity contribution in [1.82, 2.24) is 19.6 Å². The Hall–Kier alpha value is -4.34. The van der Waals surface area contributed by atoms with Gasteiger partial charge < -0.3 is 19.8 Å². The summed E-state index contributed by atoms with van der Waals surface area (Å²) in [5, 5.41) is 13.9. The predicted molar refractivity (Wildman–Crippen MR) is 135 cm³/mol. The van der Waals surface area contributed by atoms with E-state index in [9.17, 15) is 9.59 Å². The molecule has 0 spiro atoms. The summed E-state index contributed by atoms with van der Waals surface area (Å²) in [5.41, 5.74) is 3.16. The molecule has 0 atom stereocenters. The Balaban J connectivity index is 1.41. The van der Waals surface area contributed by atoms with Gasteiger partial charge in [-0.2, -0.15) is 10.2 Å². The van der Waals surface area contributed by atoms with Crippen LogP contribution in [-0.4, -0.2) is 31.4 Å². The summed E-state index contributed by atoms with van der Waals surface area (Å²) in [6, 6.07) is 11.2. The first-order valence-corrected chi connectivity index (χ1v) is 11.9. The van der Waals surface area contributed by atoms with Crippen LogP contribution in [0.2, 0.25) is 0 Å². The van der Waals surface area contributed by atoms with Gasteiger partial charge in [0.2, 0.25) is 0 Å². The van der Waals surface area contributed by atoms with E-state index in [0.29, 0.717) is 18.0 Å². The summed E-state index contributed by atoms with van der Waals surface area (Å²) in [5.74, 6) is 0.438. The van der Waals surface area contributed by atoms with Gasteiger partial charge in [-0.1, -0.05) is 25.5 Å². The van der Waals surface area contributed by atoms with Gasteiger partial charge in [0.1, 0.15) is 23.8 Å². The van der Waals surface area contributed by atoms with E-state index in [1.54, 1.807) is 30.1 Å². The third-order valence-corrected chi connectivity index (χ3v) is 5.81. The molecule has 4 rings (SSSR count). The fraction of sp³-hybridized carbons (Fsp3) is 0.308. The molecular formula is C26H30N6O4. The summed E-state index contributed by atoms with van der Waals surface area (Å²) in [6.07, 6.45) is 5.14. The van der Waals surface area contributed by atoms with Crippen LogP contribution in [0.3, 0.4) is 0 Å². The highest BCUT2D eigenvalue weighted by Crippen LogP contribution is 2.21. The number of carbonyl (C=O) groups excluding carboxylic acids is 2. The zero-order valence-corrected chi connectivity index (χ0v) is 20.9. The maximum absolute atomic E-state index is 13.0. The van der Waals surface area contributed by atoms with Crippen LogP contribution in [-0.2, 0) is 26.6 Å². The van der Waals surface area contributed by atoms with Crippen LogP contribution < -0.4 is 15.4 Å². The molecular weight excluding hydrogens is 460 g/mol. The van der Waals surface area contributed by atoms with Crippen LogP contribution in [0.25, 0.3) is 0 Å². The number of aryl methyl sites for hydroxylation is 3. The van der Waals surface area contributed by atoms with Crippen LogP contribution in [0.4, 0.5) is 11.4 Å². The topological polar surface area (TPSA) is 116 Å². The average Bonchev–Trinajstić information content (AvgIpc) is 3.59. The first-order valence-electron chi connectivity index (χ1n) is 11.9. The number of rotatable bonds is 10. The quantitative estimate of drug-likeness (QED) is 0.336. The molecule has 10 heteroatoms. The van der Waals surface area contributed by atoms with Gasteiger partial charge in [0.25, 0.3) is 11.8 Å². The molecule has 0 aliphatic carbocycles. The molecule has 0 radical (unpaired) electrons. The Labute approximate surface area is 209 Å². The minimum Gasteiger partial charge on any atom is -0.486 e. The zero-order valence-electron chi connectivity index (χ0n) is 20.9. The van der Waals surface area contributed by atoms with E-state index in [1.165, 1.54) is 16.4 Å².